The van der Waals surface area contributed by atoms with Crippen LogP contribution in [0.2, 0.25) is 0 Å². The highest BCUT2D eigenvalue weighted by Crippen LogP contribution is 2.12. The molecule has 0 aliphatic rings. The van der Waals surface area contributed by atoms with E-state index in [4.69, 9.17) is 14.2 Å². The predicted octanol–water partition coefficient (Wildman–Crippen LogP) is 2.19. The number of hydrogen-bond donors (Lipinski definition) is 1. The van der Waals surface area contributed by atoms with Crippen LogP contribution >= 0.6 is 0 Å². The van der Waals surface area contributed by atoms with Gasteiger partial charge in [0.1, 0.15) is 23.8 Å². The quantitative estimate of drug-likeness (QED) is 0.350. The second-order valence-corrected chi connectivity index (χ2v) is 8.30. The summed E-state index contributed by atoms with van der Waals surface area (Å²) in [6.07, 6.45) is 0.134. The molecule has 166 valence electrons. The largest absolute Gasteiger partial charge is 0.465 e. The van der Waals surface area contributed by atoms with Gasteiger partial charge >= 0.3 is 18.0 Å². The second kappa shape index (κ2) is 11.4. The Morgan fingerprint density at radius 2 is 1.55 bits per heavy atom. The highest BCUT2D eigenvalue weighted by Gasteiger charge is 2.32. The molecule has 1 N–H and O–H groups in total. The minimum absolute atomic E-state index is 0.0263. The van der Waals surface area contributed by atoms with Crippen molar-refractivity contribution in [3.05, 3.63) is 12.7 Å². The standard InChI is InChI=1S/C20H34N2O7/c1-9-11-22(13-16(24)27-10-2)17(25)14(12-15(23)28-19(3,4)5)21-18(26)29-20(6,7)8/h9,14H,1,10-13H2,2-8H3,(H,21,26)/t14-/m0/s1. The topological polar surface area (TPSA) is 111 Å². The molecule has 0 saturated carbocycles. The summed E-state index contributed by atoms with van der Waals surface area (Å²) in [5.41, 5.74) is -1.56. The molecule has 0 radical (unpaired) electrons. The van der Waals surface area contributed by atoms with Gasteiger partial charge in [-0.05, 0) is 48.5 Å². The Bertz CT molecular complexity index is 573. The highest BCUT2D eigenvalue weighted by atomic mass is 16.6. The SMILES string of the molecule is C=CCN(CC(=O)OCC)C(=O)[C@H](CC(=O)OC(C)(C)C)NC(=O)OC(C)(C)C. The maximum absolute atomic E-state index is 13.0. The smallest absolute Gasteiger partial charge is 0.408 e. The van der Waals surface area contributed by atoms with E-state index in [0.29, 0.717) is 0 Å². The number of carbonyl (C=O) groups excluding carboxylic acids is 4. The fourth-order valence-electron chi connectivity index (χ4n) is 2.17. The third-order valence-corrected chi connectivity index (χ3v) is 3.07. The molecule has 0 rings (SSSR count). The molecule has 0 unspecified atom stereocenters. The van der Waals surface area contributed by atoms with Crippen molar-refractivity contribution in [3.63, 3.8) is 0 Å². The third-order valence-electron chi connectivity index (χ3n) is 3.07. The molecule has 2 amide bonds. The molecule has 0 aromatic heterocycles. The van der Waals surface area contributed by atoms with Crippen molar-refractivity contribution in [2.45, 2.75) is 72.1 Å². The summed E-state index contributed by atoms with van der Waals surface area (Å²) in [6, 6.07) is -1.28. The Kier molecular flexibility index (Phi) is 10.4. The lowest BCUT2D eigenvalue weighted by Crippen LogP contribution is -2.52. The van der Waals surface area contributed by atoms with Crippen molar-refractivity contribution >= 4 is 23.9 Å². The summed E-state index contributed by atoms with van der Waals surface area (Å²) in [5, 5.41) is 2.39. The first-order valence-corrected chi connectivity index (χ1v) is 9.45. The van der Waals surface area contributed by atoms with Gasteiger partial charge in [-0.1, -0.05) is 6.08 Å². The fraction of sp³-hybridized carbons (Fsp3) is 0.700. The molecule has 0 saturated heterocycles. The minimum atomic E-state index is -1.28. The van der Waals surface area contributed by atoms with Crippen LogP contribution in [0.4, 0.5) is 4.79 Å². The monoisotopic (exact) mass is 414 g/mol. The van der Waals surface area contributed by atoms with E-state index in [1.807, 2.05) is 0 Å². The molecule has 0 aromatic carbocycles. The number of alkyl carbamates (subject to hydrolysis) is 1. The molecule has 29 heavy (non-hydrogen) atoms. The predicted molar refractivity (Wildman–Crippen MR) is 107 cm³/mol. The number of esters is 2. The Labute approximate surface area is 172 Å². The molecule has 1 atom stereocenters. The molecule has 0 bridgehead atoms. The number of rotatable bonds is 9. The molecule has 0 aromatic rings. The lowest BCUT2D eigenvalue weighted by atomic mass is 10.1. The van der Waals surface area contributed by atoms with E-state index in [9.17, 15) is 19.2 Å². The van der Waals surface area contributed by atoms with Crippen LogP contribution in [0.3, 0.4) is 0 Å². The van der Waals surface area contributed by atoms with Crippen LogP contribution in [0.5, 0.6) is 0 Å². The number of nitrogens with zero attached hydrogens (tertiary/aromatic N) is 1. The van der Waals surface area contributed by atoms with Gasteiger partial charge in [0.05, 0.1) is 13.0 Å². The first-order valence-electron chi connectivity index (χ1n) is 9.45. The van der Waals surface area contributed by atoms with Gasteiger partial charge in [-0.25, -0.2) is 4.79 Å². The van der Waals surface area contributed by atoms with E-state index >= 15 is 0 Å². The van der Waals surface area contributed by atoms with E-state index < -0.39 is 47.6 Å². The van der Waals surface area contributed by atoms with Crippen molar-refractivity contribution in [1.29, 1.82) is 0 Å². The Hall–Kier alpha value is -2.58. The van der Waals surface area contributed by atoms with E-state index in [-0.39, 0.29) is 19.7 Å². The van der Waals surface area contributed by atoms with Gasteiger partial charge < -0.3 is 24.4 Å². The zero-order valence-electron chi connectivity index (χ0n) is 18.5. The summed E-state index contributed by atoms with van der Waals surface area (Å²) in [5.74, 6) is -1.95. The van der Waals surface area contributed by atoms with Gasteiger partial charge in [0.25, 0.3) is 0 Å². The number of hydrogen-bond acceptors (Lipinski definition) is 7. The second-order valence-electron chi connectivity index (χ2n) is 8.30. The molecule has 9 nitrogen and oxygen atoms in total. The van der Waals surface area contributed by atoms with E-state index in [1.165, 1.54) is 6.08 Å². The average Bonchev–Trinajstić information content (AvgIpc) is 2.49. The molecule has 9 heteroatoms. The summed E-state index contributed by atoms with van der Waals surface area (Å²) >= 11 is 0. The van der Waals surface area contributed by atoms with Crippen LogP contribution in [-0.2, 0) is 28.6 Å². The number of nitrogens with one attached hydrogen (secondary N) is 1. The van der Waals surface area contributed by atoms with Crippen molar-refractivity contribution in [1.82, 2.24) is 10.2 Å². The van der Waals surface area contributed by atoms with Gasteiger partial charge in [-0.2, -0.15) is 0 Å². The first kappa shape index (κ1) is 26.4. The maximum Gasteiger partial charge on any atom is 0.408 e. The van der Waals surface area contributed by atoms with Crippen LogP contribution in [0.25, 0.3) is 0 Å². The number of amides is 2. The molecular formula is C20H34N2O7. The van der Waals surface area contributed by atoms with Crippen LogP contribution < -0.4 is 5.32 Å². The lowest BCUT2D eigenvalue weighted by Gasteiger charge is -2.28. The molecule has 0 fully saturated rings. The molecule has 0 heterocycles. The van der Waals surface area contributed by atoms with Crippen molar-refractivity contribution in [2.24, 2.45) is 0 Å². The van der Waals surface area contributed by atoms with E-state index in [0.717, 1.165) is 4.90 Å². The number of carbonyl (C=O) groups is 4. The summed E-state index contributed by atoms with van der Waals surface area (Å²) in [7, 11) is 0. The fourth-order valence-corrected chi connectivity index (χ4v) is 2.17. The molecular weight excluding hydrogens is 380 g/mol. The summed E-state index contributed by atoms with van der Waals surface area (Å²) in [6.45, 7) is 15.1. The van der Waals surface area contributed by atoms with E-state index in [1.54, 1.807) is 48.5 Å². The van der Waals surface area contributed by atoms with Gasteiger partial charge in [0.2, 0.25) is 5.91 Å². The first-order chi connectivity index (χ1) is 13.2. The van der Waals surface area contributed by atoms with Crippen LogP contribution in [0, 0.1) is 0 Å². The Morgan fingerprint density at radius 3 is 2.00 bits per heavy atom. The Morgan fingerprint density at radius 1 is 1.00 bits per heavy atom. The molecule has 0 aliphatic carbocycles. The van der Waals surface area contributed by atoms with Crippen molar-refractivity contribution in [3.8, 4) is 0 Å². The summed E-state index contributed by atoms with van der Waals surface area (Å²) < 4.78 is 15.3. The Balaban J connectivity index is 5.50. The van der Waals surface area contributed by atoms with Crippen LogP contribution in [0.15, 0.2) is 12.7 Å². The zero-order valence-corrected chi connectivity index (χ0v) is 18.5. The van der Waals surface area contributed by atoms with Gasteiger partial charge in [-0.15, -0.1) is 6.58 Å². The maximum atomic E-state index is 13.0. The molecule has 0 aliphatic heterocycles. The minimum Gasteiger partial charge on any atom is -0.465 e. The van der Waals surface area contributed by atoms with Crippen molar-refractivity contribution in [2.75, 3.05) is 19.7 Å². The highest BCUT2D eigenvalue weighted by molar-refractivity contribution is 5.91. The van der Waals surface area contributed by atoms with E-state index in [2.05, 4.69) is 11.9 Å². The number of ether oxygens (including phenoxy) is 3. The van der Waals surface area contributed by atoms with Gasteiger partial charge in [0.15, 0.2) is 0 Å². The summed E-state index contributed by atoms with van der Waals surface area (Å²) in [4.78, 5) is 50.4. The van der Waals surface area contributed by atoms with Crippen molar-refractivity contribution < 1.29 is 33.4 Å². The normalized spacial score (nSPS) is 12.4. The molecule has 0 spiro atoms. The van der Waals surface area contributed by atoms with Gasteiger partial charge in [-0.3, -0.25) is 14.4 Å². The average molecular weight is 414 g/mol. The third kappa shape index (κ3) is 12.5. The van der Waals surface area contributed by atoms with Crippen LogP contribution in [-0.4, -0.2) is 65.8 Å². The lowest BCUT2D eigenvalue weighted by molar-refractivity contribution is -0.157. The van der Waals surface area contributed by atoms with Gasteiger partial charge in [0, 0.05) is 6.54 Å². The zero-order chi connectivity index (χ0) is 22.8. The van der Waals surface area contributed by atoms with Crippen LogP contribution in [0.1, 0.15) is 54.9 Å².